The lowest BCUT2D eigenvalue weighted by Crippen LogP contribution is -2.66. The van der Waals surface area contributed by atoms with E-state index in [1.165, 1.54) is 19.9 Å². The smallest absolute Gasteiger partial charge is 0.327 e. The zero-order chi connectivity index (χ0) is 34.6. The molecule has 1 atom stereocenters. The molecule has 0 fully saturated rings. The highest BCUT2D eigenvalue weighted by Crippen LogP contribution is 2.37. The molecule has 0 N–H and O–H groups in total. The van der Waals surface area contributed by atoms with Crippen molar-refractivity contribution in [1.29, 1.82) is 0 Å². The van der Waals surface area contributed by atoms with Gasteiger partial charge in [0.05, 0.1) is 6.61 Å². The van der Waals surface area contributed by atoms with Gasteiger partial charge in [0.1, 0.15) is 19.3 Å². The molecule has 0 heterocycles. The Hall–Kier alpha value is -4.79. The summed E-state index contributed by atoms with van der Waals surface area (Å²) < 4.78 is 23.9. The van der Waals surface area contributed by atoms with Crippen LogP contribution in [0.3, 0.4) is 0 Å². The van der Waals surface area contributed by atoms with Gasteiger partial charge in [-0.2, -0.15) is 0 Å². The summed E-state index contributed by atoms with van der Waals surface area (Å²) >= 11 is 0. The summed E-state index contributed by atoms with van der Waals surface area (Å²) in [5.74, 6) is -2.43. The number of carbonyl (C=O) groups is 3. The molecule has 0 saturated heterocycles. The molecule has 0 saturated carbocycles. The van der Waals surface area contributed by atoms with Crippen LogP contribution in [0.2, 0.25) is 5.04 Å². The number of ether oxygens (including phenoxy) is 3. The van der Waals surface area contributed by atoms with Gasteiger partial charge >= 0.3 is 17.9 Å². The van der Waals surface area contributed by atoms with Crippen molar-refractivity contribution in [2.75, 3.05) is 6.61 Å². The third-order valence-electron chi connectivity index (χ3n) is 8.26. The predicted molar refractivity (Wildman–Crippen MR) is 189 cm³/mol. The maximum Gasteiger partial charge on any atom is 0.327 e. The lowest BCUT2D eigenvalue weighted by Gasteiger charge is -2.42. The van der Waals surface area contributed by atoms with Gasteiger partial charge in [0.15, 0.2) is 0 Å². The highest BCUT2D eigenvalue weighted by Gasteiger charge is 2.53. The monoisotopic (exact) mass is 664 g/mol. The molecule has 4 rings (SSSR count). The van der Waals surface area contributed by atoms with Gasteiger partial charge in [-0.1, -0.05) is 148 Å². The molecule has 0 aliphatic rings. The van der Waals surface area contributed by atoms with Crippen LogP contribution in [0.1, 0.15) is 45.7 Å². The van der Waals surface area contributed by atoms with Gasteiger partial charge < -0.3 is 18.6 Å². The van der Waals surface area contributed by atoms with Crippen LogP contribution in [-0.2, 0) is 46.2 Å². The molecule has 0 radical (unpaired) electrons. The Kier molecular flexibility index (Phi) is 12.3. The molecule has 0 unspecified atom stereocenters. The van der Waals surface area contributed by atoms with Gasteiger partial charge in [-0.05, 0) is 39.5 Å². The van der Waals surface area contributed by atoms with Crippen molar-refractivity contribution in [3.63, 3.8) is 0 Å². The fourth-order valence-corrected chi connectivity index (χ4v) is 10.2. The van der Waals surface area contributed by atoms with Gasteiger partial charge in [0.25, 0.3) is 8.32 Å². The molecule has 8 heteroatoms. The second kappa shape index (κ2) is 16.3. The Morgan fingerprint density at radius 2 is 1.04 bits per heavy atom. The summed E-state index contributed by atoms with van der Waals surface area (Å²) in [5, 5.41) is 1.94. The van der Waals surface area contributed by atoms with Gasteiger partial charge in [-0.3, -0.25) is 14.4 Å². The first-order valence-electron chi connectivity index (χ1n) is 16.0. The topological polar surface area (TPSA) is 88.1 Å². The molecular formula is C40H44O7Si. The lowest BCUT2D eigenvalue weighted by atomic mass is 9.83. The van der Waals surface area contributed by atoms with Gasteiger partial charge in [-0.15, -0.1) is 0 Å². The van der Waals surface area contributed by atoms with Crippen molar-refractivity contribution in [1.82, 2.24) is 0 Å². The van der Waals surface area contributed by atoms with E-state index in [1.54, 1.807) is 6.08 Å². The average Bonchev–Trinajstić information content (AvgIpc) is 3.09. The quantitative estimate of drug-likeness (QED) is 0.0497. The highest BCUT2D eigenvalue weighted by molar-refractivity contribution is 6.99. The van der Waals surface area contributed by atoms with E-state index < -0.39 is 37.7 Å². The van der Waals surface area contributed by atoms with E-state index in [0.717, 1.165) is 21.5 Å². The molecule has 7 nitrogen and oxygen atoms in total. The Balaban J connectivity index is 1.67. The maximum atomic E-state index is 13.8. The first-order chi connectivity index (χ1) is 23.0. The zero-order valence-electron chi connectivity index (χ0n) is 28.3. The van der Waals surface area contributed by atoms with E-state index in [-0.39, 0.29) is 24.9 Å². The predicted octanol–water partition coefficient (Wildman–Crippen LogP) is 6.54. The van der Waals surface area contributed by atoms with Gasteiger partial charge in [-0.25, -0.2) is 0 Å². The second-order valence-corrected chi connectivity index (χ2v) is 17.1. The van der Waals surface area contributed by atoms with Crippen molar-refractivity contribution in [2.24, 2.45) is 5.41 Å². The van der Waals surface area contributed by atoms with E-state index in [9.17, 15) is 14.4 Å². The molecule has 4 aromatic carbocycles. The molecule has 0 amide bonds. The Morgan fingerprint density at radius 1 is 0.646 bits per heavy atom. The molecule has 0 aliphatic heterocycles. The van der Waals surface area contributed by atoms with E-state index >= 15 is 0 Å². The highest BCUT2D eigenvalue weighted by atomic mass is 28.4. The minimum absolute atomic E-state index is 0.0747. The standard InChI is InChI=1S/C40H44O7Si/c1-31(41)47-36(27-18-28-46-48(39(2,3)4,34-23-14-8-15-24-34)35-25-16-9-17-26-35)40(5,37(42)44-29-32-19-10-6-11-20-32)38(43)45-30-33-21-12-7-13-22-33/h6-27,36H,28-30H2,1-5H3/b27-18+/t36-/m1/s1. The van der Waals surface area contributed by atoms with E-state index in [4.69, 9.17) is 18.6 Å². The van der Waals surface area contributed by atoms with Crippen LogP contribution in [0.15, 0.2) is 133 Å². The minimum atomic E-state index is -2.89. The van der Waals surface area contributed by atoms with E-state index in [2.05, 4.69) is 45.0 Å². The number of rotatable bonds is 14. The molecule has 0 spiro atoms. The number of carbonyl (C=O) groups excluding carboxylic acids is 3. The van der Waals surface area contributed by atoms with E-state index in [0.29, 0.717) is 0 Å². The van der Waals surface area contributed by atoms with Crippen molar-refractivity contribution < 1.29 is 33.0 Å². The van der Waals surface area contributed by atoms with Crippen LogP contribution in [-0.4, -0.2) is 38.9 Å². The number of hydrogen-bond acceptors (Lipinski definition) is 7. The van der Waals surface area contributed by atoms with Crippen LogP contribution in [0.5, 0.6) is 0 Å². The Bertz CT molecular complexity index is 1550. The fourth-order valence-electron chi connectivity index (χ4n) is 5.70. The molecule has 4 aromatic rings. The number of benzene rings is 4. The number of hydrogen-bond donors (Lipinski definition) is 0. The summed E-state index contributed by atoms with van der Waals surface area (Å²) in [5.41, 5.74) is -0.545. The molecule has 0 aromatic heterocycles. The summed E-state index contributed by atoms with van der Waals surface area (Å²) in [6.45, 7) is 9.11. The van der Waals surface area contributed by atoms with Crippen LogP contribution in [0.25, 0.3) is 0 Å². The minimum Gasteiger partial charge on any atom is -0.460 e. The summed E-state index contributed by atoms with van der Waals surface area (Å²) in [7, 11) is -2.89. The molecule has 48 heavy (non-hydrogen) atoms. The molecule has 250 valence electrons. The van der Waals surface area contributed by atoms with E-state index in [1.807, 2.05) is 97.1 Å². The number of esters is 3. The second-order valence-electron chi connectivity index (χ2n) is 12.8. The Labute approximate surface area is 284 Å². The third kappa shape index (κ3) is 8.56. The molecular weight excluding hydrogens is 621 g/mol. The summed E-state index contributed by atoms with van der Waals surface area (Å²) in [6.07, 6.45) is 1.87. The van der Waals surface area contributed by atoms with Crippen molar-refractivity contribution >= 4 is 36.6 Å². The summed E-state index contributed by atoms with van der Waals surface area (Å²) in [6, 6.07) is 38.6. The third-order valence-corrected chi connectivity index (χ3v) is 13.3. The first kappa shape index (κ1) is 36.1. The van der Waals surface area contributed by atoms with Crippen molar-refractivity contribution in [3.05, 3.63) is 145 Å². The molecule has 0 bridgehead atoms. The van der Waals surface area contributed by atoms with Crippen molar-refractivity contribution in [2.45, 2.75) is 59.0 Å². The van der Waals surface area contributed by atoms with Gasteiger partial charge in [0.2, 0.25) is 5.41 Å². The van der Waals surface area contributed by atoms with Crippen LogP contribution in [0, 0.1) is 5.41 Å². The van der Waals surface area contributed by atoms with Gasteiger partial charge in [0, 0.05) is 6.92 Å². The summed E-state index contributed by atoms with van der Waals surface area (Å²) in [4.78, 5) is 40.1. The van der Waals surface area contributed by atoms with Crippen LogP contribution in [0.4, 0.5) is 0 Å². The van der Waals surface area contributed by atoms with Crippen molar-refractivity contribution in [3.8, 4) is 0 Å². The largest absolute Gasteiger partial charge is 0.460 e. The molecule has 0 aliphatic carbocycles. The average molecular weight is 665 g/mol. The SMILES string of the molecule is CC(=O)O[C@H](/C=C/CO[Si](c1ccccc1)(c1ccccc1)C(C)(C)C)C(C)(C(=O)OCc1ccccc1)C(=O)OCc1ccccc1. The first-order valence-corrected chi connectivity index (χ1v) is 17.9. The fraction of sp³-hybridized carbons (Fsp3) is 0.275. The lowest BCUT2D eigenvalue weighted by molar-refractivity contribution is -0.183. The van der Waals surface area contributed by atoms with Crippen LogP contribution < -0.4 is 10.4 Å². The zero-order valence-corrected chi connectivity index (χ0v) is 29.3. The maximum absolute atomic E-state index is 13.8. The van der Waals surface area contributed by atoms with Crippen LogP contribution >= 0.6 is 0 Å². The normalized spacial score (nSPS) is 12.7. The Morgan fingerprint density at radius 3 is 1.42 bits per heavy atom.